The standard InChI is InChI=1S/C24H22FN3OS.ClH/c25-18-6-7-23-19(15-18)20(16-30-23)22(29)8-10-27-11-13-28(14-12-27)21-5-1-3-17-4-2-9-26-24(17)21;/h1-7,9,15-16H,8,10-14H2;1H. The van der Waals surface area contributed by atoms with E-state index in [4.69, 9.17) is 0 Å². The molecule has 2 aromatic heterocycles. The first-order chi connectivity index (χ1) is 14.7. The van der Waals surface area contributed by atoms with E-state index in [1.54, 1.807) is 6.07 Å². The van der Waals surface area contributed by atoms with Crippen molar-refractivity contribution in [2.24, 2.45) is 0 Å². The Hall–Kier alpha value is -2.54. The van der Waals surface area contributed by atoms with Gasteiger partial charge in [0.1, 0.15) is 5.82 Å². The zero-order valence-electron chi connectivity index (χ0n) is 17.0. The molecule has 5 rings (SSSR count). The van der Waals surface area contributed by atoms with Gasteiger partial charge in [-0.1, -0.05) is 18.2 Å². The largest absolute Gasteiger partial charge is 0.367 e. The smallest absolute Gasteiger partial charge is 0.165 e. The van der Waals surface area contributed by atoms with Crippen molar-refractivity contribution in [3.63, 3.8) is 0 Å². The number of anilines is 1. The molecule has 1 aliphatic rings. The molecule has 0 saturated carbocycles. The van der Waals surface area contributed by atoms with Gasteiger partial charge in [-0.2, -0.15) is 0 Å². The topological polar surface area (TPSA) is 36.4 Å². The molecule has 2 aromatic carbocycles. The number of pyridine rings is 1. The number of rotatable bonds is 5. The lowest BCUT2D eigenvalue weighted by molar-refractivity contribution is 0.0964. The second-order valence-corrected chi connectivity index (χ2v) is 8.56. The molecule has 3 heterocycles. The zero-order chi connectivity index (χ0) is 20.5. The quantitative estimate of drug-likeness (QED) is 0.377. The summed E-state index contributed by atoms with van der Waals surface area (Å²) in [5.41, 5.74) is 2.87. The number of Topliss-reactive ketones (excluding diaryl/α,β-unsaturated/α-hetero) is 1. The molecule has 1 saturated heterocycles. The summed E-state index contributed by atoms with van der Waals surface area (Å²) in [7, 11) is 0. The molecule has 31 heavy (non-hydrogen) atoms. The average molecular weight is 456 g/mol. The van der Waals surface area contributed by atoms with E-state index < -0.39 is 0 Å². The van der Waals surface area contributed by atoms with Crippen molar-refractivity contribution in [3.05, 3.63) is 71.5 Å². The van der Waals surface area contributed by atoms with Crippen LogP contribution in [0.15, 0.2) is 60.1 Å². The predicted octanol–water partition coefficient (Wildman–Crippen LogP) is 5.41. The van der Waals surface area contributed by atoms with E-state index in [1.807, 2.05) is 17.6 Å². The molecule has 0 amide bonds. The number of aromatic nitrogens is 1. The normalized spacial score (nSPS) is 14.7. The first kappa shape index (κ1) is 21.7. The lowest BCUT2D eigenvalue weighted by atomic mass is 10.1. The van der Waals surface area contributed by atoms with Crippen molar-refractivity contribution in [1.29, 1.82) is 0 Å². The molecule has 0 aliphatic carbocycles. The minimum Gasteiger partial charge on any atom is -0.367 e. The number of thiophene rings is 1. The third kappa shape index (κ3) is 4.42. The van der Waals surface area contributed by atoms with Crippen LogP contribution in [0.1, 0.15) is 16.8 Å². The van der Waals surface area contributed by atoms with E-state index in [0.29, 0.717) is 12.0 Å². The van der Waals surface area contributed by atoms with Crippen LogP contribution >= 0.6 is 23.7 Å². The van der Waals surface area contributed by atoms with Gasteiger partial charge in [0.2, 0.25) is 0 Å². The van der Waals surface area contributed by atoms with E-state index in [1.165, 1.54) is 29.2 Å². The number of hydrogen-bond acceptors (Lipinski definition) is 5. The first-order valence-corrected chi connectivity index (χ1v) is 11.1. The summed E-state index contributed by atoms with van der Waals surface area (Å²) < 4.78 is 14.5. The lowest BCUT2D eigenvalue weighted by Crippen LogP contribution is -2.47. The summed E-state index contributed by atoms with van der Waals surface area (Å²) in [6.45, 7) is 4.38. The Morgan fingerprint density at radius 1 is 1.06 bits per heavy atom. The molecule has 0 spiro atoms. The van der Waals surface area contributed by atoms with Crippen LogP contribution in [0.2, 0.25) is 0 Å². The fraction of sp³-hybridized carbons (Fsp3) is 0.250. The Kier molecular flexibility index (Phi) is 6.51. The molecule has 1 fully saturated rings. The molecule has 0 atom stereocenters. The van der Waals surface area contributed by atoms with Gasteiger partial charge in [-0.3, -0.25) is 14.7 Å². The highest BCUT2D eigenvalue weighted by Crippen LogP contribution is 2.28. The van der Waals surface area contributed by atoms with Gasteiger partial charge < -0.3 is 4.90 Å². The Bertz CT molecular complexity index is 1210. The summed E-state index contributed by atoms with van der Waals surface area (Å²) in [6.07, 6.45) is 2.30. The van der Waals surface area contributed by atoms with E-state index in [2.05, 4.69) is 39.0 Å². The number of fused-ring (bicyclic) bond motifs is 2. The van der Waals surface area contributed by atoms with Crippen molar-refractivity contribution >= 4 is 56.2 Å². The summed E-state index contributed by atoms with van der Waals surface area (Å²) in [5.74, 6) is -0.207. The molecule has 0 radical (unpaired) electrons. The van der Waals surface area contributed by atoms with Crippen molar-refractivity contribution in [2.75, 3.05) is 37.6 Å². The van der Waals surface area contributed by atoms with Crippen LogP contribution in [0, 0.1) is 5.82 Å². The summed E-state index contributed by atoms with van der Waals surface area (Å²) >= 11 is 1.50. The zero-order valence-corrected chi connectivity index (χ0v) is 18.6. The lowest BCUT2D eigenvalue weighted by Gasteiger charge is -2.36. The molecule has 4 nitrogen and oxygen atoms in total. The Balaban J connectivity index is 0.00000231. The van der Waals surface area contributed by atoms with Gasteiger partial charge in [-0.15, -0.1) is 23.7 Å². The van der Waals surface area contributed by atoms with Crippen LogP contribution in [0.3, 0.4) is 0 Å². The summed E-state index contributed by atoms with van der Waals surface area (Å²) in [5, 5.41) is 3.75. The first-order valence-electron chi connectivity index (χ1n) is 10.2. The van der Waals surface area contributed by atoms with E-state index in [0.717, 1.165) is 53.7 Å². The van der Waals surface area contributed by atoms with Gasteiger partial charge >= 0.3 is 0 Å². The monoisotopic (exact) mass is 455 g/mol. The SMILES string of the molecule is Cl.O=C(CCN1CCN(c2cccc3cccnc23)CC1)c1csc2ccc(F)cc12. The van der Waals surface area contributed by atoms with Crippen LogP contribution in [0.5, 0.6) is 0 Å². The number of nitrogens with zero attached hydrogens (tertiary/aromatic N) is 3. The maximum atomic E-state index is 13.6. The number of hydrogen-bond donors (Lipinski definition) is 0. The van der Waals surface area contributed by atoms with Gasteiger partial charge in [0.15, 0.2) is 5.78 Å². The molecular weight excluding hydrogens is 433 g/mol. The number of benzene rings is 2. The second-order valence-electron chi connectivity index (χ2n) is 7.64. The maximum absolute atomic E-state index is 13.6. The predicted molar refractivity (Wildman–Crippen MR) is 128 cm³/mol. The Morgan fingerprint density at radius 3 is 2.71 bits per heavy atom. The number of halogens is 2. The maximum Gasteiger partial charge on any atom is 0.165 e. The highest BCUT2D eigenvalue weighted by molar-refractivity contribution is 7.17. The number of ketones is 1. The van der Waals surface area contributed by atoms with Crippen molar-refractivity contribution < 1.29 is 9.18 Å². The minimum atomic E-state index is -0.297. The van der Waals surface area contributed by atoms with E-state index >= 15 is 0 Å². The Morgan fingerprint density at radius 2 is 1.87 bits per heavy atom. The van der Waals surface area contributed by atoms with Gasteiger partial charge in [0, 0.05) is 71.8 Å². The van der Waals surface area contributed by atoms with Crippen molar-refractivity contribution in [1.82, 2.24) is 9.88 Å². The molecular formula is C24H23ClFN3OS. The number of para-hydroxylation sites is 1. The van der Waals surface area contributed by atoms with Crippen LogP contribution in [-0.2, 0) is 0 Å². The molecule has 160 valence electrons. The van der Waals surface area contributed by atoms with Crippen LogP contribution in [-0.4, -0.2) is 48.4 Å². The third-order valence-electron chi connectivity index (χ3n) is 5.82. The van der Waals surface area contributed by atoms with E-state index in [9.17, 15) is 9.18 Å². The number of carbonyl (C=O) groups is 1. The van der Waals surface area contributed by atoms with Gasteiger partial charge in [0.25, 0.3) is 0 Å². The number of piperazine rings is 1. The molecule has 7 heteroatoms. The van der Waals surface area contributed by atoms with Gasteiger partial charge in [-0.25, -0.2) is 4.39 Å². The van der Waals surface area contributed by atoms with Crippen molar-refractivity contribution in [3.8, 4) is 0 Å². The average Bonchev–Trinajstić information content (AvgIpc) is 3.20. The van der Waals surface area contributed by atoms with Gasteiger partial charge in [-0.05, 0) is 30.3 Å². The number of carbonyl (C=O) groups excluding carboxylic acids is 1. The third-order valence-corrected chi connectivity index (χ3v) is 6.78. The van der Waals surface area contributed by atoms with E-state index in [-0.39, 0.29) is 24.0 Å². The molecule has 0 unspecified atom stereocenters. The van der Waals surface area contributed by atoms with Crippen LogP contribution in [0.25, 0.3) is 21.0 Å². The summed E-state index contributed by atoms with van der Waals surface area (Å²) in [6, 6.07) is 15.0. The highest BCUT2D eigenvalue weighted by atomic mass is 35.5. The highest BCUT2D eigenvalue weighted by Gasteiger charge is 2.20. The Labute approximate surface area is 190 Å². The molecule has 4 aromatic rings. The second kappa shape index (κ2) is 9.30. The molecule has 0 bridgehead atoms. The minimum absolute atomic E-state index is 0. The van der Waals surface area contributed by atoms with Gasteiger partial charge in [0.05, 0.1) is 11.2 Å². The van der Waals surface area contributed by atoms with Crippen molar-refractivity contribution in [2.45, 2.75) is 6.42 Å². The van der Waals surface area contributed by atoms with Crippen LogP contribution < -0.4 is 4.90 Å². The molecule has 0 N–H and O–H groups in total. The van der Waals surface area contributed by atoms with Crippen LogP contribution in [0.4, 0.5) is 10.1 Å². The summed E-state index contributed by atoms with van der Waals surface area (Å²) in [4.78, 5) is 22.0. The molecule has 1 aliphatic heterocycles. The fourth-order valence-corrected chi connectivity index (χ4v) is 5.11. The fourth-order valence-electron chi connectivity index (χ4n) is 4.17.